The summed E-state index contributed by atoms with van der Waals surface area (Å²) in [4.78, 5) is 2.36. The fourth-order valence-corrected chi connectivity index (χ4v) is 2.64. The van der Waals surface area contributed by atoms with Gasteiger partial charge in [0.15, 0.2) is 11.5 Å². The molecule has 0 saturated carbocycles. The molecule has 1 aliphatic heterocycles. The Morgan fingerprint density at radius 1 is 1.26 bits per heavy atom. The van der Waals surface area contributed by atoms with Gasteiger partial charge in [-0.1, -0.05) is 6.07 Å². The van der Waals surface area contributed by atoms with Crippen molar-refractivity contribution in [3.63, 3.8) is 0 Å². The zero-order valence-electron chi connectivity index (χ0n) is 12.3. The first kappa shape index (κ1) is 14.2. The summed E-state index contributed by atoms with van der Waals surface area (Å²) >= 11 is 0. The number of hydrogen-bond acceptors (Lipinski definition) is 4. The topological polar surface area (TPSA) is 33.7 Å². The summed E-state index contributed by atoms with van der Waals surface area (Å²) in [7, 11) is 5.50. The first-order valence-corrected chi connectivity index (χ1v) is 6.80. The Morgan fingerprint density at radius 2 is 2.00 bits per heavy atom. The minimum absolute atomic E-state index is 0.316. The molecule has 2 atom stereocenters. The van der Waals surface area contributed by atoms with Crippen molar-refractivity contribution in [3.05, 3.63) is 23.8 Å². The van der Waals surface area contributed by atoms with Gasteiger partial charge in [-0.05, 0) is 44.6 Å². The van der Waals surface area contributed by atoms with E-state index in [4.69, 9.17) is 9.47 Å². The Hall–Kier alpha value is -1.26. The molecule has 0 radical (unpaired) electrons. The Labute approximate surface area is 115 Å². The van der Waals surface area contributed by atoms with Crippen molar-refractivity contribution in [1.82, 2.24) is 10.2 Å². The van der Waals surface area contributed by atoms with E-state index < -0.39 is 0 Å². The fourth-order valence-electron chi connectivity index (χ4n) is 2.64. The summed E-state index contributed by atoms with van der Waals surface area (Å²) in [5.74, 6) is 1.57. The van der Waals surface area contributed by atoms with Crippen LogP contribution in [0, 0.1) is 0 Å². The minimum atomic E-state index is 0.316. The lowest BCUT2D eigenvalue weighted by atomic mass is 10.1. The quantitative estimate of drug-likeness (QED) is 0.882. The van der Waals surface area contributed by atoms with E-state index in [1.807, 2.05) is 6.07 Å². The van der Waals surface area contributed by atoms with Gasteiger partial charge in [0.05, 0.1) is 14.2 Å². The van der Waals surface area contributed by atoms with Crippen LogP contribution in [-0.4, -0.2) is 45.3 Å². The summed E-state index contributed by atoms with van der Waals surface area (Å²) in [6.07, 6.45) is 1.22. The third-order valence-electron chi connectivity index (χ3n) is 3.78. The number of methoxy groups -OCH3 is 2. The molecule has 1 aliphatic rings. The van der Waals surface area contributed by atoms with Gasteiger partial charge in [-0.2, -0.15) is 0 Å². The number of benzene rings is 1. The maximum absolute atomic E-state index is 5.35. The number of nitrogens with zero attached hydrogens (tertiary/aromatic N) is 1. The maximum Gasteiger partial charge on any atom is 0.161 e. The van der Waals surface area contributed by atoms with Crippen molar-refractivity contribution >= 4 is 0 Å². The fraction of sp³-hybridized carbons (Fsp3) is 0.600. The molecule has 1 heterocycles. The highest BCUT2D eigenvalue weighted by Gasteiger charge is 2.21. The highest BCUT2D eigenvalue weighted by Crippen LogP contribution is 2.30. The van der Waals surface area contributed by atoms with Crippen LogP contribution in [0.15, 0.2) is 18.2 Å². The highest BCUT2D eigenvalue weighted by molar-refractivity contribution is 5.43. The standard InChI is InChI=1S/C15H24N2O2/c1-11(16-13-7-8-17(2)10-13)12-5-6-14(18-3)15(9-12)19-4/h5-6,9,11,13,16H,7-8,10H2,1-4H3. The monoisotopic (exact) mass is 264 g/mol. The van der Waals surface area contributed by atoms with Crippen molar-refractivity contribution in [2.24, 2.45) is 0 Å². The summed E-state index contributed by atoms with van der Waals surface area (Å²) in [6, 6.07) is 7.00. The van der Waals surface area contributed by atoms with Gasteiger partial charge in [0, 0.05) is 18.6 Å². The molecular weight excluding hydrogens is 240 g/mol. The van der Waals surface area contributed by atoms with E-state index in [1.54, 1.807) is 14.2 Å². The van der Waals surface area contributed by atoms with E-state index in [9.17, 15) is 0 Å². The third-order valence-corrected chi connectivity index (χ3v) is 3.78. The first-order valence-electron chi connectivity index (χ1n) is 6.80. The second kappa shape index (κ2) is 6.26. The molecule has 1 aromatic rings. The van der Waals surface area contributed by atoms with Crippen LogP contribution in [0.3, 0.4) is 0 Å². The molecule has 1 N–H and O–H groups in total. The van der Waals surface area contributed by atoms with E-state index >= 15 is 0 Å². The minimum Gasteiger partial charge on any atom is -0.493 e. The van der Waals surface area contributed by atoms with Crippen LogP contribution in [0.4, 0.5) is 0 Å². The van der Waals surface area contributed by atoms with E-state index in [-0.39, 0.29) is 0 Å². The zero-order valence-corrected chi connectivity index (χ0v) is 12.3. The maximum atomic E-state index is 5.35. The van der Waals surface area contributed by atoms with Gasteiger partial charge >= 0.3 is 0 Å². The number of likely N-dealkylation sites (N-methyl/N-ethyl adjacent to an activating group) is 1. The van der Waals surface area contributed by atoms with Crippen molar-refractivity contribution in [2.45, 2.75) is 25.4 Å². The molecule has 1 fully saturated rings. The second-order valence-corrected chi connectivity index (χ2v) is 5.25. The van der Waals surface area contributed by atoms with Crippen molar-refractivity contribution < 1.29 is 9.47 Å². The van der Waals surface area contributed by atoms with Gasteiger partial charge in [-0.3, -0.25) is 0 Å². The third kappa shape index (κ3) is 3.39. The summed E-state index contributed by atoms with van der Waals surface area (Å²) < 4.78 is 10.6. The molecule has 0 spiro atoms. The molecule has 2 unspecified atom stereocenters. The van der Waals surface area contributed by atoms with E-state index in [0.29, 0.717) is 12.1 Å². The van der Waals surface area contributed by atoms with Crippen LogP contribution >= 0.6 is 0 Å². The van der Waals surface area contributed by atoms with Crippen LogP contribution in [0.5, 0.6) is 11.5 Å². The number of rotatable bonds is 5. The average molecular weight is 264 g/mol. The van der Waals surface area contributed by atoms with Gasteiger partial charge in [0.2, 0.25) is 0 Å². The van der Waals surface area contributed by atoms with Gasteiger partial charge in [-0.15, -0.1) is 0 Å². The van der Waals surface area contributed by atoms with Crippen LogP contribution < -0.4 is 14.8 Å². The predicted octanol–water partition coefficient (Wildman–Crippen LogP) is 2.06. The van der Waals surface area contributed by atoms with Gasteiger partial charge < -0.3 is 19.7 Å². The molecule has 4 nitrogen and oxygen atoms in total. The largest absolute Gasteiger partial charge is 0.493 e. The van der Waals surface area contributed by atoms with E-state index in [2.05, 4.69) is 36.3 Å². The lowest BCUT2D eigenvalue weighted by molar-refractivity contribution is 0.353. The molecule has 0 amide bonds. The predicted molar refractivity (Wildman–Crippen MR) is 77.0 cm³/mol. The van der Waals surface area contributed by atoms with Crippen LogP contribution in [0.25, 0.3) is 0 Å². The molecule has 0 bridgehead atoms. The van der Waals surface area contributed by atoms with Gasteiger partial charge in [0.25, 0.3) is 0 Å². The van der Waals surface area contributed by atoms with Crippen molar-refractivity contribution in [1.29, 1.82) is 0 Å². The normalized spacial score (nSPS) is 21.4. The Kier molecular flexibility index (Phi) is 4.66. The molecular formula is C15H24N2O2. The summed E-state index contributed by atoms with van der Waals surface area (Å²) in [5.41, 5.74) is 1.23. The van der Waals surface area contributed by atoms with Crippen LogP contribution in [0.1, 0.15) is 24.9 Å². The van der Waals surface area contributed by atoms with Crippen molar-refractivity contribution in [2.75, 3.05) is 34.4 Å². The summed E-state index contributed by atoms with van der Waals surface area (Å²) in [5, 5.41) is 3.68. The smallest absolute Gasteiger partial charge is 0.161 e. The van der Waals surface area contributed by atoms with Crippen molar-refractivity contribution in [3.8, 4) is 11.5 Å². The Balaban J connectivity index is 2.04. The lowest BCUT2D eigenvalue weighted by Crippen LogP contribution is -2.33. The average Bonchev–Trinajstić information content (AvgIpc) is 2.83. The molecule has 1 aromatic carbocycles. The Bertz CT molecular complexity index is 423. The number of hydrogen-bond donors (Lipinski definition) is 1. The summed E-state index contributed by atoms with van der Waals surface area (Å²) in [6.45, 7) is 4.49. The molecule has 0 aromatic heterocycles. The molecule has 106 valence electrons. The van der Waals surface area contributed by atoms with Crippen LogP contribution in [0.2, 0.25) is 0 Å². The SMILES string of the molecule is COc1ccc(C(C)NC2CCN(C)C2)cc1OC. The number of likely N-dealkylation sites (tertiary alicyclic amines) is 1. The second-order valence-electron chi connectivity index (χ2n) is 5.25. The number of ether oxygens (including phenoxy) is 2. The highest BCUT2D eigenvalue weighted by atomic mass is 16.5. The van der Waals surface area contributed by atoms with Gasteiger partial charge in [0.1, 0.15) is 0 Å². The zero-order chi connectivity index (χ0) is 13.8. The van der Waals surface area contributed by atoms with E-state index in [1.165, 1.54) is 18.5 Å². The molecule has 2 rings (SSSR count). The first-order chi connectivity index (χ1) is 9.13. The lowest BCUT2D eigenvalue weighted by Gasteiger charge is -2.20. The molecule has 4 heteroatoms. The van der Waals surface area contributed by atoms with E-state index in [0.717, 1.165) is 18.0 Å². The van der Waals surface area contributed by atoms with Crippen LogP contribution in [-0.2, 0) is 0 Å². The molecule has 19 heavy (non-hydrogen) atoms. The Morgan fingerprint density at radius 3 is 2.58 bits per heavy atom. The molecule has 0 aliphatic carbocycles. The van der Waals surface area contributed by atoms with Gasteiger partial charge in [-0.25, -0.2) is 0 Å². The number of nitrogens with one attached hydrogen (secondary N) is 1. The molecule has 1 saturated heterocycles.